The Morgan fingerprint density at radius 3 is 2.48 bits per heavy atom. The van der Waals surface area contributed by atoms with Gasteiger partial charge in [-0.05, 0) is 47.4 Å². The number of carboxylic acids is 1. The van der Waals surface area contributed by atoms with Crippen molar-refractivity contribution in [2.24, 2.45) is 0 Å². The van der Waals surface area contributed by atoms with Crippen molar-refractivity contribution in [3.8, 4) is 16.9 Å². The summed E-state index contributed by atoms with van der Waals surface area (Å²) in [4.78, 5) is 10.9. The maximum atomic E-state index is 10.9. The van der Waals surface area contributed by atoms with E-state index >= 15 is 0 Å². The van der Waals surface area contributed by atoms with Gasteiger partial charge in [0.15, 0.2) is 0 Å². The van der Waals surface area contributed by atoms with Crippen LogP contribution in [0, 0.1) is 0 Å². The second-order valence-corrected chi connectivity index (χ2v) is 5.23. The van der Waals surface area contributed by atoms with Crippen LogP contribution in [0.4, 0.5) is 0 Å². The molecular formula is C17H17ClO3. The summed E-state index contributed by atoms with van der Waals surface area (Å²) in [7, 11) is 0. The Balaban J connectivity index is 2.38. The first-order valence-corrected chi connectivity index (χ1v) is 7.21. The van der Waals surface area contributed by atoms with Crippen LogP contribution in [-0.2, 0) is 11.2 Å². The first-order valence-electron chi connectivity index (χ1n) is 6.83. The maximum Gasteiger partial charge on any atom is 0.307 e. The number of hydrogen-bond acceptors (Lipinski definition) is 2. The highest BCUT2D eigenvalue weighted by molar-refractivity contribution is 6.30. The number of ether oxygens (including phenoxy) is 1. The van der Waals surface area contributed by atoms with Crippen LogP contribution in [0.25, 0.3) is 11.1 Å². The number of rotatable bonds is 6. The lowest BCUT2D eigenvalue weighted by Gasteiger charge is -2.10. The van der Waals surface area contributed by atoms with Gasteiger partial charge in [0, 0.05) is 5.02 Å². The highest BCUT2D eigenvalue weighted by Gasteiger charge is 2.07. The number of carboxylic acid groups (broad SMARTS) is 1. The monoisotopic (exact) mass is 304 g/mol. The molecule has 0 radical (unpaired) electrons. The molecule has 110 valence electrons. The minimum absolute atomic E-state index is 0.0239. The van der Waals surface area contributed by atoms with E-state index in [4.69, 9.17) is 21.4 Å². The molecule has 0 atom stereocenters. The zero-order valence-corrected chi connectivity index (χ0v) is 12.6. The summed E-state index contributed by atoms with van der Waals surface area (Å²) in [5, 5.41) is 9.64. The molecule has 2 rings (SSSR count). The van der Waals surface area contributed by atoms with Crippen LogP contribution in [0.2, 0.25) is 5.02 Å². The average Bonchev–Trinajstić information content (AvgIpc) is 2.45. The van der Waals surface area contributed by atoms with Crippen molar-refractivity contribution in [1.29, 1.82) is 0 Å². The van der Waals surface area contributed by atoms with Crippen LogP contribution in [0.1, 0.15) is 18.9 Å². The van der Waals surface area contributed by atoms with Gasteiger partial charge >= 0.3 is 5.97 Å². The lowest BCUT2D eigenvalue weighted by atomic mass is 10.0. The first-order chi connectivity index (χ1) is 10.1. The number of hydrogen-bond donors (Lipinski definition) is 1. The fourth-order valence-corrected chi connectivity index (χ4v) is 2.18. The van der Waals surface area contributed by atoms with Crippen molar-refractivity contribution in [2.45, 2.75) is 19.8 Å². The fourth-order valence-electron chi connectivity index (χ4n) is 2.05. The summed E-state index contributed by atoms with van der Waals surface area (Å²) in [6, 6.07) is 13.0. The van der Waals surface area contributed by atoms with E-state index in [2.05, 4.69) is 0 Å². The number of halogens is 1. The van der Waals surface area contributed by atoms with Gasteiger partial charge in [0.2, 0.25) is 0 Å². The molecule has 0 aromatic heterocycles. The van der Waals surface area contributed by atoms with Crippen LogP contribution in [0.3, 0.4) is 0 Å². The summed E-state index contributed by atoms with van der Waals surface area (Å²) >= 11 is 5.90. The minimum atomic E-state index is -0.857. The van der Waals surface area contributed by atoms with Crippen LogP contribution < -0.4 is 4.74 Å². The molecule has 0 spiro atoms. The van der Waals surface area contributed by atoms with Crippen LogP contribution in [-0.4, -0.2) is 17.7 Å². The van der Waals surface area contributed by atoms with Crippen molar-refractivity contribution < 1.29 is 14.6 Å². The molecule has 2 aromatic carbocycles. The van der Waals surface area contributed by atoms with E-state index in [1.807, 2.05) is 43.3 Å². The van der Waals surface area contributed by atoms with Crippen LogP contribution in [0.5, 0.6) is 5.75 Å². The van der Waals surface area contributed by atoms with E-state index < -0.39 is 5.97 Å². The highest BCUT2D eigenvalue weighted by Crippen LogP contribution is 2.27. The topological polar surface area (TPSA) is 46.5 Å². The van der Waals surface area contributed by atoms with E-state index in [9.17, 15) is 4.79 Å². The predicted octanol–water partition coefficient (Wildman–Crippen LogP) is 4.42. The molecule has 0 bridgehead atoms. The molecule has 2 aromatic rings. The van der Waals surface area contributed by atoms with E-state index in [0.29, 0.717) is 17.4 Å². The van der Waals surface area contributed by atoms with Gasteiger partial charge in [0.25, 0.3) is 0 Å². The van der Waals surface area contributed by atoms with Gasteiger partial charge in [-0.1, -0.05) is 36.7 Å². The molecule has 0 amide bonds. The molecule has 0 heterocycles. The zero-order valence-electron chi connectivity index (χ0n) is 11.8. The van der Waals surface area contributed by atoms with Gasteiger partial charge in [0.05, 0.1) is 13.0 Å². The highest BCUT2D eigenvalue weighted by atomic mass is 35.5. The van der Waals surface area contributed by atoms with Crippen molar-refractivity contribution in [2.75, 3.05) is 6.61 Å². The Kier molecular flexibility index (Phi) is 5.23. The third kappa shape index (κ3) is 4.50. The maximum absolute atomic E-state index is 10.9. The molecule has 0 unspecified atom stereocenters. The smallest absolute Gasteiger partial charge is 0.307 e. The summed E-state index contributed by atoms with van der Waals surface area (Å²) in [6.07, 6.45) is 0.878. The van der Waals surface area contributed by atoms with Crippen LogP contribution in [0.15, 0.2) is 42.5 Å². The quantitative estimate of drug-likeness (QED) is 0.859. The Morgan fingerprint density at radius 2 is 1.86 bits per heavy atom. The van der Waals surface area contributed by atoms with Crippen molar-refractivity contribution in [3.05, 3.63) is 53.1 Å². The van der Waals surface area contributed by atoms with E-state index in [0.717, 1.165) is 23.1 Å². The van der Waals surface area contributed by atoms with Crippen molar-refractivity contribution in [3.63, 3.8) is 0 Å². The molecule has 0 saturated carbocycles. The number of carbonyl (C=O) groups is 1. The predicted molar refractivity (Wildman–Crippen MR) is 84.0 cm³/mol. The SMILES string of the molecule is CCCOc1cc(CC(=O)O)cc(-c2ccc(Cl)cc2)c1. The van der Waals surface area contributed by atoms with Gasteiger partial charge in [-0.15, -0.1) is 0 Å². The summed E-state index contributed by atoms with van der Waals surface area (Å²) in [6.45, 7) is 2.64. The lowest BCUT2D eigenvalue weighted by molar-refractivity contribution is -0.136. The fraction of sp³-hybridized carbons (Fsp3) is 0.235. The Morgan fingerprint density at radius 1 is 1.14 bits per heavy atom. The minimum Gasteiger partial charge on any atom is -0.494 e. The van der Waals surface area contributed by atoms with Crippen LogP contribution >= 0.6 is 11.6 Å². The number of aliphatic carboxylic acids is 1. The Hall–Kier alpha value is -2.00. The standard InChI is InChI=1S/C17H17ClO3/c1-2-7-21-16-9-12(10-17(19)20)8-14(11-16)13-3-5-15(18)6-4-13/h3-6,8-9,11H,2,7,10H2,1H3,(H,19,20). The first kappa shape index (κ1) is 15.4. The molecule has 21 heavy (non-hydrogen) atoms. The molecule has 3 nitrogen and oxygen atoms in total. The number of benzene rings is 2. The van der Waals surface area contributed by atoms with Gasteiger partial charge in [-0.3, -0.25) is 4.79 Å². The molecule has 0 saturated heterocycles. The average molecular weight is 305 g/mol. The van der Waals surface area contributed by atoms with Gasteiger partial charge in [-0.2, -0.15) is 0 Å². The summed E-state index contributed by atoms with van der Waals surface area (Å²) in [5.74, 6) is -0.162. The van der Waals surface area contributed by atoms with Crippen molar-refractivity contribution >= 4 is 17.6 Å². The van der Waals surface area contributed by atoms with E-state index in [1.165, 1.54) is 0 Å². The van der Waals surface area contributed by atoms with Crippen molar-refractivity contribution in [1.82, 2.24) is 0 Å². The normalized spacial score (nSPS) is 10.4. The molecule has 0 aliphatic carbocycles. The second-order valence-electron chi connectivity index (χ2n) is 4.79. The molecular weight excluding hydrogens is 288 g/mol. The van der Waals surface area contributed by atoms with Gasteiger partial charge in [0.1, 0.15) is 5.75 Å². The molecule has 0 fully saturated rings. The molecule has 0 aliphatic rings. The molecule has 1 N–H and O–H groups in total. The Labute approximate surface area is 129 Å². The molecule has 0 aliphatic heterocycles. The third-order valence-corrected chi connectivity index (χ3v) is 3.22. The van der Waals surface area contributed by atoms with Gasteiger partial charge < -0.3 is 9.84 Å². The summed E-state index contributed by atoms with van der Waals surface area (Å²) in [5.41, 5.74) is 2.63. The van der Waals surface area contributed by atoms with E-state index in [-0.39, 0.29) is 6.42 Å². The Bertz CT molecular complexity index is 620. The second kappa shape index (κ2) is 7.14. The summed E-state index contributed by atoms with van der Waals surface area (Å²) < 4.78 is 5.64. The largest absolute Gasteiger partial charge is 0.494 e. The lowest BCUT2D eigenvalue weighted by Crippen LogP contribution is -2.02. The third-order valence-electron chi connectivity index (χ3n) is 2.97. The van der Waals surface area contributed by atoms with Gasteiger partial charge in [-0.25, -0.2) is 0 Å². The molecule has 4 heteroatoms. The zero-order chi connectivity index (χ0) is 15.2. The van der Waals surface area contributed by atoms with E-state index in [1.54, 1.807) is 6.07 Å².